The molecule has 0 saturated heterocycles. The molecule has 0 saturated carbocycles. The topological polar surface area (TPSA) is 149 Å². The van der Waals surface area contributed by atoms with Crippen molar-refractivity contribution in [3.05, 3.63) is 0 Å². The van der Waals surface area contributed by atoms with Crippen molar-refractivity contribution in [1.82, 2.24) is 0 Å². The summed E-state index contributed by atoms with van der Waals surface area (Å²) in [4.78, 5) is 43.2. The Hall–Kier alpha value is -2.12. The third-order valence-electron chi connectivity index (χ3n) is 5.56. The minimum absolute atomic E-state index is 0.187. The number of carboxylic acid groups (broad SMARTS) is 4. The van der Waals surface area contributed by atoms with Crippen molar-refractivity contribution in [2.24, 2.45) is 17.8 Å². The van der Waals surface area contributed by atoms with Gasteiger partial charge in [0.05, 0.1) is 17.8 Å². The van der Waals surface area contributed by atoms with E-state index in [4.69, 9.17) is 20.4 Å². The standard InChI is InChI=1S/2C12H22O4/c1-3-5-7-9(11(13)14)10(12(15)16)8-6-4-2;1-2-3-7-10(12(15)16)8-5-4-6-9-11(13)14/h9-10H,3-8H2,1-2H3,(H,13,14)(H,15,16);10H,2-9H2,1H3,(H,13,14)(H,15,16). The molecule has 8 heteroatoms. The lowest BCUT2D eigenvalue weighted by atomic mass is 9.84. The second kappa shape index (κ2) is 20.8. The van der Waals surface area contributed by atoms with Crippen LogP contribution in [0.25, 0.3) is 0 Å². The zero-order valence-corrected chi connectivity index (χ0v) is 20.1. The van der Waals surface area contributed by atoms with E-state index < -0.39 is 35.7 Å². The quantitative estimate of drug-likeness (QED) is 0.180. The largest absolute Gasteiger partial charge is 0.481 e. The van der Waals surface area contributed by atoms with Gasteiger partial charge in [-0.1, -0.05) is 72.1 Å². The summed E-state index contributed by atoms with van der Waals surface area (Å²) in [7, 11) is 0. The number of rotatable bonds is 19. The van der Waals surface area contributed by atoms with Gasteiger partial charge in [-0.2, -0.15) is 0 Å². The molecule has 0 aromatic heterocycles. The van der Waals surface area contributed by atoms with E-state index in [1.807, 2.05) is 20.8 Å². The Kier molecular flexibility index (Phi) is 20.8. The van der Waals surface area contributed by atoms with Crippen molar-refractivity contribution in [1.29, 1.82) is 0 Å². The van der Waals surface area contributed by atoms with Crippen LogP contribution in [0.2, 0.25) is 0 Å². The van der Waals surface area contributed by atoms with Crippen molar-refractivity contribution >= 4 is 23.9 Å². The summed E-state index contributed by atoms with van der Waals surface area (Å²) in [6.45, 7) is 5.99. The van der Waals surface area contributed by atoms with Crippen LogP contribution in [0.3, 0.4) is 0 Å². The van der Waals surface area contributed by atoms with E-state index in [2.05, 4.69) is 0 Å². The zero-order valence-electron chi connectivity index (χ0n) is 20.1. The van der Waals surface area contributed by atoms with Gasteiger partial charge in [0.15, 0.2) is 0 Å². The van der Waals surface area contributed by atoms with Gasteiger partial charge in [0, 0.05) is 6.42 Å². The summed E-state index contributed by atoms with van der Waals surface area (Å²) in [6, 6.07) is 0. The molecule has 0 rings (SSSR count). The second-order valence-electron chi connectivity index (χ2n) is 8.34. The molecule has 0 aliphatic carbocycles. The lowest BCUT2D eigenvalue weighted by Gasteiger charge is -2.19. The van der Waals surface area contributed by atoms with Crippen molar-refractivity contribution < 1.29 is 39.6 Å². The minimum Gasteiger partial charge on any atom is -0.481 e. The average molecular weight is 461 g/mol. The summed E-state index contributed by atoms with van der Waals surface area (Å²) in [6.07, 6.45) is 10.1. The summed E-state index contributed by atoms with van der Waals surface area (Å²) < 4.78 is 0. The van der Waals surface area contributed by atoms with Crippen LogP contribution in [0.1, 0.15) is 111 Å². The molecule has 32 heavy (non-hydrogen) atoms. The minimum atomic E-state index is -0.975. The number of hydrogen-bond donors (Lipinski definition) is 4. The van der Waals surface area contributed by atoms with Crippen LogP contribution in [0, 0.1) is 17.8 Å². The molecule has 0 heterocycles. The fourth-order valence-corrected chi connectivity index (χ4v) is 3.53. The fraction of sp³-hybridized carbons (Fsp3) is 0.833. The van der Waals surface area contributed by atoms with Gasteiger partial charge < -0.3 is 20.4 Å². The molecule has 3 unspecified atom stereocenters. The molecule has 8 nitrogen and oxygen atoms in total. The van der Waals surface area contributed by atoms with E-state index in [9.17, 15) is 19.2 Å². The van der Waals surface area contributed by atoms with Crippen LogP contribution in [-0.4, -0.2) is 44.3 Å². The maximum absolute atomic E-state index is 11.1. The van der Waals surface area contributed by atoms with Crippen LogP contribution in [0.4, 0.5) is 0 Å². The van der Waals surface area contributed by atoms with Crippen molar-refractivity contribution in [3.8, 4) is 0 Å². The van der Waals surface area contributed by atoms with E-state index in [1.165, 1.54) is 0 Å². The highest BCUT2D eigenvalue weighted by atomic mass is 16.4. The first kappa shape index (κ1) is 32.1. The maximum Gasteiger partial charge on any atom is 0.307 e. The first-order valence-electron chi connectivity index (χ1n) is 12.0. The van der Waals surface area contributed by atoms with E-state index in [0.717, 1.165) is 57.8 Å². The van der Waals surface area contributed by atoms with Crippen LogP contribution < -0.4 is 0 Å². The van der Waals surface area contributed by atoms with Gasteiger partial charge in [0.1, 0.15) is 0 Å². The van der Waals surface area contributed by atoms with Crippen molar-refractivity contribution in [3.63, 3.8) is 0 Å². The Labute approximate surface area is 192 Å². The van der Waals surface area contributed by atoms with E-state index in [1.54, 1.807) is 0 Å². The summed E-state index contributed by atoms with van der Waals surface area (Å²) >= 11 is 0. The van der Waals surface area contributed by atoms with E-state index in [-0.39, 0.29) is 12.3 Å². The number of unbranched alkanes of at least 4 members (excludes halogenated alkanes) is 5. The lowest BCUT2D eigenvalue weighted by molar-refractivity contribution is -0.154. The fourth-order valence-electron chi connectivity index (χ4n) is 3.53. The predicted molar refractivity (Wildman–Crippen MR) is 123 cm³/mol. The Morgan fingerprint density at radius 3 is 1.28 bits per heavy atom. The molecule has 0 aromatic rings. The van der Waals surface area contributed by atoms with Crippen LogP contribution in [0.15, 0.2) is 0 Å². The molecule has 0 aromatic carbocycles. The highest BCUT2D eigenvalue weighted by Gasteiger charge is 2.32. The molecule has 0 bridgehead atoms. The summed E-state index contributed by atoms with van der Waals surface area (Å²) in [5.74, 6) is -5.15. The molecule has 4 N–H and O–H groups in total. The van der Waals surface area contributed by atoms with E-state index >= 15 is 0 Å². The van der Waals surface area contributed by atoms with Gasteiger partial charge in [-0.3, -0.25) is 19.2 Å². The van der Waals surface area contributed by atoms with Gasteiger partial charge >= 0.3 is 23.9 Å². The van der Waals surface area contributed by atoms with Crippen molar-refractivity contribution in [2.45, 2.75) is 111 Å². The summed E-state index contributed by atoms with van der Waals surface area (Å²) in [5.41, 5.74) is 0. The maximum atomic E-state index is 11.1. The summed E-state index contributed by atoms with van der Waals surface area (Å²) in [5, 5.41) is 35.5. The molecular weight excluding hydrogens is 416 g/mol. The van der Waals surface area contributed by atoms with Gasteiger partial charge in [0.2, 0.25) is 0 Å². The number of hydrogen-bond acceptors (Lipinski definition) is 4. The highest BCUT2D eigenvalue weighted by molar-refractivity contribution is 5.79. The molecule has 0 amide bonds. The van der Waals surface area contributed by atoms with Crippen LogP contribution in [0.5, 0.6) is 0 Å². The molecule has 0 fully saturated rings. The second-order valence-corrected chi connectivity index (χ2v) is 8.34. The van der Waals surface area contributed by atoms with Crippen LogP contribution in [-0.2, 0) is 19.2 Å². The first-order chi connectivity index (χ1) is 15.1. The molecule has 0 radical (unpaired) electrons. The number of carbonyl (C=O) groups is 4. The Bertz CT molecular complexity index is 508. The van der Waals surface area contributed by atoms with Gasteiger partial charge in [-0.25, -0.2) is 0 Å². The molecule has 3 atom stereocenters. The SMILES string of the molecule is CCCCC(C(=O)O)C(CCCC)C(=O)O.CCCCC(CCCCCC(=O)O)C(=O)O. The highest BCUT2D eigenvalue weighted by Crippen LogP contribution is 2.24. The van der Waals surface area contributed by atoms with Gasteiger partial charge in [-0.15, -0.1) is 0 Å². The Balaban J connectivity index is 0. The predicted octanol–water partition coefficient (Wildman–Crippen LogP) is 5.68. The molecular formula is C24H44O8. The third-order valence-corrected chi connectivity index (χ3v) is 5.56. The van der Waals surface area contributed by atoms with Crippen LogP contribution >= 0.6 is 0 Å². The molecule has 188 valence electrons. The number of aliphatic carboxylic acids is 4. The monoisotopic (exact) mass is 460 g/mol. The van der Waals surface area contributed by atoms with E-state index in [0.29, 0.717) is 25.7 Å². The third kappa shape index (κ3) is 17.5. The molecule has 0 spiro atoms. The lowest BCUT2D eigenvalue weighted by Crippen LogP contribution is -2.29. The number of carboxylic acids is 4. The molecule has 0 aliphatic rings. The zero-order chi connectivity index (χ0) is 24.9. The smallest absolute Gasteiger partial charge is 0.307 e. The van der Waals surface area contributed by atoms with Crippen molar-refractivity contribution in [2.75, 3.05) is 0 Å². The van der Waals surface area contributed by atoms with Gasteiger partial charge in [-0.05, 0) is 32.1 Å². The average Bonchev–Trinajstić information content (AvgIpc) is 2.71. The van der Waals surface area contributed by atoms with Gasteiger partial charge in [0.25, 0.3) is 0 Å². The first-order valence-corrected chi connectivity index (χ1v) is 12.0. The molecule has 0 aliphatic heterocycles. The Morgan fingerprint density at radius 1 is 0.531 bits per heavy atom. The normalized spacial score (nSPS) is 13.3. The Morgan fingerprint density at radius 2 is 0.938 bits per heavy atom.